The molecule has 120 valence electrons. The second-order valence-corrected chi connectivity index (χ2v) is 5.59. The van der Waals surface area contributed by atoms with Crippen LogP contribution in [0.4, 0.5) is 5.69 Å². The van der Waals surface area contributed by atoms with Crippen molar-refractivity contribution in [3.8, 4) is 28.0 Å². The van der Waals surface area contributed by atoms with Crippen LogP contribution in [0.25, 0.3) is 22.3 Å². The van der Waals surface area contributed by atoms with Gasteiger partial charge in [-0.1, -0.05) is 55.5 Å². The normalized spacial score (nSPS) is 10.4. The van der Waals surface area contributed by atoms with Crippen LogP contribution in [0.1, 0.15) is 13.3 Å². The van der Waals surface area contributed by atoms with Crippen LogP contribution in [0, 0.1) is 4.91 Å². The van der Waals surface area contributed by atoms with Crippen LogP contribution in [0.2, 0.25) is 0 Å². The zero-order valence-corrected chi connectivity index (χ0v) is 13.6. The second kappa shape index (κ2) is 7.55. The largest absolute Gasteiger partial charge is 0.494 e. The summed E-state index contributed by atoms with van der Waals surface area (Å²) in [6, 6.07) is 23.8. The van der Waals surface area contributed by atoms with Gasteiger partial charge in [0.05, 0.1) is 6.61 Å². The van der Waals surface area contributed by atoms with E-state index in [2.05, 4.69) is 48.5 Å². The first-order valence-electron chi connectivity index (χ1n) is 8.07. The molecule has 3 heteroatoms. The van der Waals surface area contributed by atoms with E-state index in [1.807, 2.05) is 24.3 Å². The summed E-state index contributed by atoms with van der Waals surface area (Å²) in [7, 11) is 0. The van der Waals surface area contributed by atoms with Crippen molar-refractivity contribution in [2.45, 2.75) is 13.3 Å². The third-order valence-corrected chi connectivity index (χ3v) is 3.85. The van der Waals surface area contributed by atoms with Crippen molar-refractivity contribution >= 4 is 5.69 Å². The van der Waals surface area contributed by atoms with Crippen molar-refractivity contribution in [1.29, 1.82) is 0 Å². The van der Waals surface area contributed by atoms with Gasteiger partial charge in [0.25, 0.3) is 0 Å². The van der Waals surface area contributed by atoms with E-state index in [9.17, 15) is 4.91 Å². The minimum Gasteiger partial charge on any atom is -0.494 e. The summed E-state index contributed by atoms with van der Waals surface area (Å²) in [5.41, 5.74) is 4.94. The number of ether oxygens (including phenoxy) is 1. The highest BCUT2D eigenvalue weighted by Gasteiger charge is 2.02. The molecule has 0 spiro atoms. The highest BCUT2D eigenvalue weighted by molar-refractivity contribution is 5.71. The molecule has 0 unspecified atom stereocenters. The Hall–Kier alpha value is -2.94. The van der Waals surface area contributed by atoms with Crippen LogP contribution < -0.4 is 4.74 Å². The van der Waals surface area contributed by atoms with Gasteiger partial charge >= 0.3 is 0 Å². The molecule has 24 heavy (non-hydrogen) atoms. The van der Waals surface area contributed by atoms with E-state index in [0.717, 1.165) is 41.0 Å². The van der Waals surface area contributed by atoms with E-state index in [1.54, 1.807) is 12.1 Å². The maximum atomic E-state index is 10.5. The maximum Gasteiger partial charge on any atom is 0.119 e. The topological polar surface area (TPSA) is 38.7 Å². The summed E-state index contributed by atoms with van der Waals surface area (Å²) in [4.78, 5) is 10.5. The van der Waals surface area contributed by atoms with Gasteiger partial charge in [0.1, 0.15) is 11.4 Å². The second-order valence-electron chi connectivity index (χ2n) is 5.59. The molecule has 0 saturated heterocycles. The molecule has 0 saturated carbocycles. The van der Waals surface area contributed by atoms with E-state index < -0.39 is 0 Å². The molecule has 0 atom stereocenters. The van der Waals surface area contributed by atoms with Gasteiger partial charge in [-0.3, -0.25) is 0 Å². The number of hydrogen-bond donors (Lipinski definition) is 0. The lowest BCUT2D eigenvalue weighted by molar-refractivity contribution is 0.317. The fraction of sp³-hybridized carbons (Fsp3) is 0.143. The molecule has 0 fully saturated rings. The fourth-order valence-corrected chi connectivity index (χ4v) is 2.53. The number of benzene rings is 3. The Balaban J connectivity index is 1.77. The Kier molecular flexibility index (Phi) is 5.02. The highest BCUT2D eigenvalue weighted by atomic mass is 16.5. The smallest absolute Gasteiger partial charge is 0.119 e. The zero-order chi connectivity index (χ0) is 16.8. The van der Waals surface area contributed by atoms with E-state index >= 15 is 0 Å². The van der Waals surface area contributed by atoms with Gasteiger partial charge in [0.2, 0.25) is 0 Å². The third kappa shape index (κ3) is 3.69. The minimum atomic E-state index is 0.445. The maximum absolute atomic E-state index is 10.5. The molecule has 3 rings (SSSR count). The minimum absolute atomic E-state index is 0.445. The third-order valence-electron chi connectivity index (χ3n) is 3.85. The molecule has 0 aliphatic rings. The highest BCUT2D eigenvalue weighted by Crippen LogP contribution is 2.27. The summed E-state index contributed by atoms with van der Waals surface area (Å²) in [5.74, 6) is 0.904. The predicted octanol–water partition coefficient (Wildman–Crippen LogP) is 6.21. The molecule has 0 N–H and O–H groups in total. The van der Waals surface area contributed by atoms with Gasteiger partial charge in [0, 0.05) is 0 Å². The Morgan fingerprint density at radius 3 is 1.54 bits per heavy atom. The quantitative estimate of drug-likeness (QED) is 0.507. The van der Waals surface area contributed by atoms with Crippen molar-refractivity contribution in [2.24, 2.45) is 5.18 Å². The van der Waals surface area contributed by atoms with E-state index in [-0.39, 0.29) is 0 Å². The molecule has 0 aliphatic heterocycles. The van der Waals surface area contributed by atoms with Gasteiger partial charge in [0.15, 0.2) is 0 Å². The molecule has 3 nitrogen and oxygen atoms in total. The van der Waals surface area contributed by atoms with Crippen molar-refractivity contribution in [2.75, 3.05) is 6.61 Å². The lowest BCUT2D eigenvalue weighted by atomic mass is 10.0. The summed E-state index contributed by atoms with van der Waals surface area (Å²) >= 11 is 0. The molecular weight excluding hydrogens is 298 g/mol. The number of nitroso groups, excluding NO2 is 1. The molecule has 0 aromatic heterocycles. The average Bonchev–Trinajstić information content (AvgIpc) is 2.67. The van der Waals surface area contributed by atoms with E-state index in [4.69, 9.17) is 4.74 Å². The standard InChI is InChI=1S/C21H19NO2/c1-2-15-24-21-13-9-19(10-14-21)17-5-3-16(4-6-17)18-7-11-20(22-23)12-8-18/h3-14H,2,15H2,1H3. The summed E-state index contributed by atoms with van der Waals surface area (Å²) in [6.07, 6.45) is 1.01. The Labute approximate surface area is 141 Å². The first-order chi connectivity index (χ1) is 11.8. The average molecular weight is 317 g/mol. The van der Waals surface area contributed by atoms with Crippen LogP contribution in [0.3, 0.4) is 0 Å². The first kappa shape index (κ1) is 15.9. The molecule has 0 radical (unpaired) electrons. The van der Waals surface area contributed by atoms with Gasteiger partial charge in [-0.05, 0) is 58.1 Å². The van der Waals surface area contributed by atoms with Gasteiger partial charge in [-0.15, -0.1) is 4.91 Å². The Morgan fingerprint density at radius 1 is 0.708 bits per heavy atom. The first-order valence-corrected chi connectivity index (χ1v) is 8.07. The van der Waals surface area contributed by atoms with Crippen molar-refractivity contribution in [3.05, 3.63) is 77.7 Å². The molecule has 0 bridgehead atoms. The summed E-state index contributed by atoms with van der Waals surface area (Å²) in [6.45, 7) is 2.84. The summed E-state index contributed by atoms with van der Waals surface area (Å²) in [5, 5.41) is 2.92. The lowest BCUT2D eigenvalue weighted by Crippen LogP contribution is -1.94. The van der Waals surface area contributed by atoms with Crippen LogP contribution in [0.5, 0.6) is 5.75 Å². The molecule has 0 aliphatic carbocycles. The van der Waals surface area contributed by atoms with E-state index in [0.29, 0.717) is 5.69 Å². The Morgan fingerprint density at radius 2 is 1.12 bits per heavy atom. The van der Waals surface area contributed by atoms with Crippen LogP contribution >= 0.6 is 0 Å². The van der Waals surface area contributed by atoms with Gasteiger partial charge in [-0.2, -0.15) is 0 Å². The van der Waals surface area contributed by atoms with Crippen LogP contribution in [0.15, 0.2) is 78.0 Å². The van der Waals surface area contributed by atoms with Crippen molar-refractivity contribution < 1.29 is 4.74 Å². The molecule has 3 aromatic rings. The van der Waals surface area contributed by atoms with E-state index in [1.165, 1.54) is 0 Å². The van der Waals surface area contributed by atoms with Gasteiger partial charge < -0.3 is 4.74 Å². The van der Waals surface area contributed by atoms with Crippen LogP contribution in [-0.4, -0.2) is 6.61 Å². The number of nitrogens with zero attached hydrogens (tertiary/aromatic N) is 1. The van der Waals surface area contributed by atoms with Crippen LogP contribution in [-0.2, 0) is 0 Å². The molecule has 0 amide bonds. The number of hydrogen-bond acceptors (Lipinski definition) is 3. The van der Waals surface area contributed by atoms with Crippen molar-refractivity contribution in [1.82, 2.24) is 0 Å². The lowest BCUT2D eigenvalue weighted by Gasteiger charge is -2.07. The molecule has 0 heterocycles. The number of rotatable bonds is 6. The van der Waals surface area contributed by atoms with Gasteiger partial charge in [-0.25, -0.2) is 0 Å². The fourth-order valence-electron chi connectivity index (χ4n) is 2.53. The molecular formula is C21H19NO2. The zero-order valence-electron chi connectivity index (χ0n) is 13.6. The Bertz CT molecular complexity index is 791. The predicted molar refractivity (Wildman–Crippen MR) is 98.6 cm³/mol. The summed E-state index contributed by atoms with van der Waals surface area (Å²) < 4.78 is 5.61. The molecule has 3 aromatic carbocycles. The van der Waals surface area contributed by atoms with Crippen molar-refractivity contribution in [3.63, 3.8) is 0 Å². The SMILES string of the molecule is CCCOc1ccc(-c2ccc(-c3ccc(N=O)cc3)cc2)cc1. The monoisotopic (exact) mass is 317 g/mol.